The van der Waals surface area contributed by atoms with Gasteiger partial charge in [0, 0.05) is 17.0 Å². The van der Waals surface area contributed by atoms with Crippen molar-refractivity contribution < 1.29 is 4.42 Å². The quantitative estimate of drug-likeness (QED) is 0.743. The van der Waals surface area contributed by atoms with Crippen molar-refractivity contribution in [3.05, 3.63) is 40.0 Å². The van der Waals surface area contributed by atoms with Gasteiger partial charge in [-0.3, -0.25) is 9.69 Å². The van der Waals surface area contributed by atoms with Crippen molar-refractivity contribution in [1.29, 1.82) is 0 Å². The lowest BCUT2D eigenvalue weighted by Gasteiger charge is -2.43. The highest BCUT2D eigenvalue weighted by Gasteiger charge is 2.33. The molecular formula is C20H23N3O2S. The standard InChI is InChI=1S/C20H23N3O2S/c24-19-18-14(16-8-4-10-25-16)12-26-20(18)22-17(21-19)11-23-9-3-6-13-5-1-2-7-15(13)23/h4,8,10,12-13,15H,1-3,5-7,9,11H2,(H,21,22,24)/t13-,15-/m0/s1. The highest BCUT2D eigenvalue weighted by Crippen LogP contribution is 2.36. The second-order valence-corrected chi connectivity index (χ2v) is 8.40. The Morgan fingerprint density at radius 1 is 1.27 bits per heavy atom. The van der Waals surface area contributed by atoms with E-state index in [1.807, 2.05) is 17.5 Å². The van der Waals surface area contributed by atoms with Crippen LogP contribution in [0.2, 0.25) is 0 Å². The maximum atomic E-state index is 12.8. The summed E-state index contributed by atoms with van der Waals surface area (Å²) in [7, 11) is 0. The Morgan fingerprint density at radius 2 is 2.15 bits per heavy atom. The highest BCUT2D eigenvalue weighted by atomic mass is 32.1. The van der Waals surface area contributed by atoms with E-state index in [0.29, 0.717) is 11.4 Å². The summed E-state index contributed by atoms with van der Waals surface area (Å²) in [6.45, 7) is 1.87. The number of hydrogen-bond acceptors (Lipinski definition) is 5. The highest BCUT2D eigenvalue weighted by molar-refractivity contribution is 7.17. The Bertz CT molecular complexity index is 957. The number of furan rings is 1. The maximum absolute atomic E-state index is 12.8. The second-order valence-electron chi connectivity index (χ2n) is 7.54. The van der Waals surface area contributed by atoms with Gasteiger partial charge in [0.25, 0.3) is 5.56 Å². The van der Waals surface area contributed by atoms with Crippen molar-refractivity contribution in [2.24, 2.45) is 5.92 Å². The Morgan fingerprint density at radius 3 is 3.04 bits per heavy atom. The van der Waals surface area contributed by atoms with Crippen molar-refractivity contribution >= 4 is 21.6 Å². The van der Waals surface area contributed by atoms with Crippen LogP contribution in [0.15, 0.2) is 33.0 Å². The fourth-order valence-corrected chi connectivity index (χ4v) is 5.75. The van der Waals surface area contributed by atoms with E-state index in [0.717, 1.165) is 41.0 Å². The van der Waals surface area contributed by atoms with Gasteiger partial charge in [0.1, 0.15) is 16.4 Å². The van der Waals surface area contributed by atoms with Crippen LogP contribution in [0.5, 0.6) is 0 Å². The van der Waals surface area contributed by atoms with Gasteiger partial charge in [0.2, 0.25) is 0 Å². The largest absolute Gasteiger partial charge is 0.464 e. The summed E-state index contributed by atoms with van der Waals surface area (Å²) in [5.41, 5.74) is 0.774. The zero-order valence-electron chi connectivity index (χ0n) is 14.7. The third-order valence-corrected chi connectivity index (χ3v) is 6.86. The van der Waals surface area contributed by atoms with E-state index >= 15 is 0 Å². The second kappa shape index (κ2) is 6.67. The number of fused-ring (bicyclic) bond motifs is 2. The molecule has 2 atom stereocenters. The molecule has 0 aromatic carbocycles. The Labute approximate surface area is 156 Å². The normalized spacial score (nSPS) is 24.0. The van der Waals surface area contributed by atoms with E-state index in [1.54, 1.807) is 6.26 Å². The molecule has 1 saturated carbocycles. The molecule has 1 saturated heterocycles. The summed E-state index contributed by atoms with van der Waals surface area (Å²) < 4.78 is 5.47. The van der Waals surface area contributed by atoms with Crippen molar-refractivity contribution in [1.82, 2.24) is 14.9 Å². The smallest absolute Gasteiger partial charge is 0.260 e. The fraction of sp³-hybridized carbons (Fsp3) is 0.500. The summed E-state index contributed by atoms with van der Waals surface area (Å²) in [6, 6.07) is 4.39. The number of aromatic amines is 1. The maximum Gasteiger partial charge on any atom is 0.260 e. The van der Waals surface area contributed by atoms with Gasteiger partial charge in [-0.1, -0.05) is 12.8 Å². The molecule has 1 N–H and O–H groups in total. The van der Waals surface area contributed by atoms with Gasteiger partial charge >= 0.3 is 0 Å². The first kappa shape index (κ1) is 16.3. The number of rotatable bonds is 3. The average Bonchev–Trinajstić information content (AvgIpc) is 3.31. The molecule has 0 amide bonds. The molecule has 3 aromatic rings. The van der Waals surface area contributed by atoms with Gasteiger partial charge in [-0.05, 0) is 50.3 Å². The zero-order valence-corrected chi connectivity index (χ0v) is 15.6. The molecule has 0 spiro atoms. The fourth-order valence-electron chi connectivity index (χ4n) is 4.80. The molecule has 26 heavy (non-hydrogen) atoms. The van der Waals surface area contributed by atoms with E-state index in [1.165, 1.54) is 49.9 Å². The van der Waals surface area contributed by atoms with E-state index < -0.39 is 0 Å². The van der Waals surface area contributed by atoms with Crippen LogP contribution in [-0.4, -0.2) is 27.5 Å². The van der Waals surface area contributed by atoms with Crippen LogP contribution in [0, 0.1) is 5.92 Å². The summed E-state index contributed by atoms with van der Waals surface area (Å²) in [5.74, 6) is 2.35. The number of nitrogens with one attached hydrogen (secondary N) is 1. The summed E-state index contributed by atoms with van der Waals surface area (Å²) in [6.07, 6.45) is 9.61. The summed E-state index contributed by atoms with van der Waals surface area (Å²) in [5, 5.41) is 2.61. The van der Waals surface area contributed by atoms with Crippen LogP contribution in [-0.2, 0) is 6.54 Å². The van der Waals surface area contributed by atoms with Crippen LogP contribution >= 0.6 is 11.3 Å². The molecule has 0 bridgehead atoms. The first-order valence-corrected chi connectivity index (χ1v) is 10.5. The van der Waals surface area contributed by atoms with E-state index in [4.69, 9.17) is 9.40 Å². The molecule has 6 heteroatoms. The lowest BCUT2D eigenvalue weighted by molar-refractivity contribution is 0.0527. The van der Waals surface area contributed by atoms with E-state index in [2.05, 4.69) is 9.88 Å². The molecule has 5 nitrogen and oxygen atoms in total. The van der Waals surface area contributed by atoms with Crippen LogP contribution in [0.4, 0.5) is 0 Å². The molecule has 0 radical (unpaired) electrons. The molecule has 2 aliphatic rings. The zero-order chi connectivity index (χ0) is 17.5. The van der Waals surface area contributed by atoms with E-state index in [9.17, 15) is 4.79 Å². The predicted octanol–water partition coefficient (Wildman–Crippen LogP) is 4.40. The SMILES string of the molecule is O=c1[nH]c(CN2CCC[C@@H]3CCCC[C@@H]32)nc2scc(-c3ccco3)c12. The molecule has 3 aromatic heterocycles. The van der Waals surface area contributed by atoms with Crippen molar-refractivity contribution in [2.75, 3.05) is 6.54 Å². The topological polar surface area (TPSA) is 62.1 Å². The minimum atomic E-state index is -0.0603. The Hall–Kier alpha value is -1.92. The van der Waals surface area contributed by atoms with E-state index in [-0.39, 0.29) is 5.56 Å². The minimum absolute atomic E-state index is 0.0603. The van der Waals surface area contributed by atoms with Crippen LogP contribution in [0.25, 0.3) is 21.5 Å². The molecule has 5 rings (SSSR count). The lowest BCUT2D eigenvalue weighted by Crippen LogP contribution is -2.46. The van der Waals surface area contributed by atoms with Crippen molar-refractivity contribution in [3.63, 3.8) is 0 Å². The molecule has 1 aliphatic heterocycles. The van der Waals surface area contributed by atoms with Crippen molar-refractivity contribution in [3.8, 4) is 11.3 Å². The summed E-state index contributed by atoms with van der Waals surface area (Å²) >= 11 is 1.52. The Balaban J connectivity index is 1.46. The first-order chi connectivity index (χ1) is 12.8. The van der Waals surface area contributed by atoms with Gasteiger partial charge in [0.05, 0.1) is 18.2 Å². The van der Waals surface area contributed by atoms with Crippen molar-refractivity contribution in [2.45, 2.75) is 51.1 Å². The number of thiophene rings is 1. The molecule has 4 heterocycles. The first-order valence-electron chi connectivity index (χ1n) is 9.58. The summed E-state index contributed by atoms with van der Waals surface area (Å²) in [4.78, 5) is 23.9. The molecule has 0 unspecified atom stereocenters. The van der Waals surface area contributed by atoms with Crippen LogP contribution in [0.3, 0.4) is 0 Å². The molecule has 136 valence electrons. The third kappa shape index (κ3) is 2.81. The van der Waals surface area contributed by atoms with Crippen LogP contribution in [0.1, 0.15) is 44.3 Å². The number of aromatic nitrogens is 2. The monoisotopic (exact) mass is 369 g/mol. The third-order valence-electron chi connectivity index (χ3n) is 5.99. The number of H-pyrrole nitrogens is 1. The van der Waals surface area contributed by atoms with Gasteiger partial charge in [-0.25, -0.2) is 4.98 Å². The van der Waals surface area contributed by atoms with Gasteiger partial charge in [-0.2, -0.15) is 0 Å². The Kier molecular flexibility index (Phi) is 4.17. The van der Waals surface area contributed by atoms with Gasteiger partial charge < -0.3 is 9.40 Å². The minimum Gasteiger partial charge on any atom is -0.464 e. The molecule has 1 aliphatic carbocycles. The number of piperidine rings is 1. The van der Waals surface area contributed by atoms with Crippen LogP contribution < -0.4 is 5.56 Å². The van der Waals surface area contributed by atoms with Gasteiger partial charge in [-0.15, -0.1) is 11.3 Å². The predicted molar refractivity (Wildman–Crippen MR) is 103 cm³/mol. The van der Waals surface area contributed by atoms with Gasteiger partial charge in [0.15, 0.2) is 0 Å². The number of nitrogens with zero attached hydrogens (tertiary/aromatic N) is 2. The average molecular weight is 369 g/mol. The lowest BCUT2D eigenvalue weighted by atomic mass is 9.78. The number of hydrogen-bond donors (Lipinski definition) is 1. The number of likely N-dealkylation sites (tertiary alicyclic amines) is 1. The molecular weight excluding hydrogens is 346 g/mol. The molecule has 2 fully saturated rings.